The molecule has 0 saturated carbocycles. The van der Waals surface area contributed by atoms with Gasteiger partial charge in [0.15, 0.2) is 0 Å². The fourth-order valence-corrected chi connectivity index (χ4v) is 1.69. The van der Waals surface area contributed by atoms with Gasteiger partial charge in [-0.3, -0.25) is 4.79 Å². The van der Waals surface area contributed by atoms with Crippen molar-refractivity contribution in [3.05, 3.63) is 66.2 Å². The Kier molecular flexibility index (Phi) is 3.36. The SMILES string of the molecule is NC(=O)/C=C/c1ccccc1-c1ccccc1. The molecule has 0 aromatic heterocycles. The zero-order valence-electron chi connectivity index (χ0n) is 9.34. The average molecular weight is 223 g/mol. The highest BCUT2D eigenvalue weighted by Gasteiger charge is 2.00. The number of carbonyl (C=O) groups excluding carboxylic acids is 1. The molecule has 2 aromatic carbocycles. The van der Waals surface area contributed by atoms with Gasteiger partial charge < -0.3 is 5.73 Å². The van der Waals surface area contributed by atoms with E-state index in [1.807, 2.05) is 54.6 Å². The van der Waals surface area contributed by atoms with E-state index in [4.69, 9.17) is 5.73 Å². The fraction of sp³-hybridized carbons (Fsp3) is 0. The number of primary amides is 1. The van der Waals surface area contributed by atoms with Crippen LogP contribution in [0.2, 0.25) is 0 Å². The molecule has 0 aliphatic carbocycles. The second-order valence-corrected chi connectivity index (χ2v) is 3.69. The largest absolute Gasteiger partial charge is 0.366 e. The first-order valence-corrected chi connectivity index (χ1v) is 5.39. The lowest BCUT2D eigenvalue weighted by molar-refractivity contribution is -0.113. The summed E-state index contributed by atoms with van der Waals surface area (Å²) < 4.78 is 0. The van der Waals surface area contributed by atoms with Gasteiger partial charge in [0.1, 0.15) is 0 Å². The summed E-state index contributed by atoms with van der Waals surface area (Å²) in [5.74, 6) is -0.437. The predicted octanol–water partition coefficient (Wildman–Crippen LogP) is 2.85. The molecule has 0 unspecified atom stereocenters. The summed E-state index contributed by atoms with van der Waals surface area (Å²) in [4.78, 5) is 10.8. The smallest absolute Gasteiger partial charge is 0.241 e. The molecule has 1 amide bonds. The third kappa shape index (κ3) is 2.82. The summed E-state index contributed by atoms with van der Waals surface area (Å²) >= 11 is 0. The first-order chi connectivity index (χ1) is 8.27. The van der Waals surface area contributed by atoms with Crippen molar-refractivity contribution >= 4 is 12.0 Å². The molecule has 2 nitrogen and oxygen atoms in total. The van der Waals surface area contributed by atoms with Gasteiger partial charge in [0.2, 0.25) is 5.91 Å². The van der Waals surface area contributed by atoms with Gasteiger partial charge in [-0.25, -0.2) is 0 Å². The van der Waals surface area contributed by atoms with E-state index in [1.165, 1.54) is 6.08 Å². The molecule has 0 saturated heterocycles. The normalized spacial score (nSPS) is 10.6. The van der Waals surface area contributed by atoms with Crippen molar-refractivity contribution in [2.24, 2.45) is 5.73 Å². The van der Waals surface area contributed by atoms with Crippen molar-refractivity contribution in [2.45, 2.75) is 0 Å². The molecule has 17 heavy (non-hydrogen) atoms. The lowest BCUT2D eigenvalue weighted by atomic mass is 9.99. The van der Waals surface area contributed by atoms with E-state index < -0.39 is 5.91 Å². The van der Waals surface area contributed by atoms with E-state index in [9.17, 15) is 4.79 Å². The highest BCUT2D eigenvalue weighted by molar-refractivity contribution is 5.91. The van der Waals surface area contributed by atoms with E-state index in [1.54, 1.807) is 6.08 Å². The van der Waals surface area contributed by atoms with Crippen LogP contribution in [0.15, 0.2) is 60.7 Å². The van der Waals surface area contributed by atoms with E-state index in [0.717, 1.165) is 16.7 Å². The lowest BCUT2D eigenvalue weighted by Gasteiger charge is -2.05. The number of carbonyl (C=O) groups is 1. The number of hydrogen-bond donors (Lipinski definition) is 1. The minimum Gasteiger partial charge on any atom is -0.366 e. The number of nitrogens with two attached hydrogens (primary N) is 1. The van der Waals surface area contributed by atoms with Gasteiger partial charge in [0.25, 0.3) is 0 Å². The molecule has 84 valence electrons. The van der Waals surface area contributed by atoms with Crippen molar-refractivity contribution in [2.75, 3.05) is 0 Å². The number of hydrogen-bond acceptors (Lipinski definition) is 1. The molecule has 0 bridgehead atoms. The molecule has 2 N–H and O–H groups in total. The van der Waals surface area contributed by atoms with Gasteiger partial charge in [-0.1, -0.05) is 54.6 Å². The second kappa shape index (κ2) is 5.12. The molecule has 0 aliphatic heterocycles. The van der Waals surface area contributed by atoms with E-state index >= 15 is 0 Å². The Morgan fingerprint density at radius 1 is 0.941 bits per heavy atom. The number of rotatable bonds is 3. The molecule has 2 heteroatoms. The number of amides is 1. The highest BCUT2D eigenvalue weighted by Crippen LogP contribution is 2.24. The topological polar surface area (TPSA) is 43.1 Å². The maximum atomic E-state index is 10.8. The first-order valence-electron chi connectivity index (χ1n) is 5.39. The zero-order valence-corrected chi connectivity index (χ0v) is 9.34. The van der Waals surface area contributed by atoms with Crippen molar-refractivity contribution in [1.82, 2.24) is 0 Å². The highest BCUT2D eigenvalue weighted by atomic mass is 16.1. The van der Waals surface area contributed by atoms with Crippen molar-refractivity contribution in [3.63, 3.8) is 0 Å². The van der Waals surface area contributed by atoms with Crippen molar-refractivity contribution in [1.29, 1.82) is 0 Å². The fourth-order valence-electron chi connectivity index (χ4n) is 1.69. The van der Waals surface area contributed by atoms with Crippen LogP contribution in [0.3, 0.4) is 0 Å². The van der Waals surface area contributed by atoms with Gasteiger partial charge in [-0.15, -0.1) is 0 Å². The van der Waals surface area contributed by atoms with Crippen LogP contribution in [0.1, 0.15) is 5.56 Å². The third-order valence-corrected chi connectivity index (χ3v) is 2.47. The number of benzene rings is 2. The summed E-state index contributed by atoms with van der Waals surface area (Å²) in [5.41, 5.74) is 8.30. The van der Waals surface area contributed by atoms with E-state index in [0.29, 0.717) is 0 Å². The average Bonchev–Trinajstić information content (AvgIpc) is 2.38. The third-order valence-electron chi connectivity index (χ3n) is 2.47. The summed E-state index contributed by atoms with van der Waals surface area (Å²) in [6, 6.07) is 17.9. The molecule has 0 fully saturated rings. The zero-order chi connectivity index (χ0) is 12.1. The van der Waals surface area contributed by atoms with Crippen LogP contribution < -0.4 is 5.73 Å². The molecular formula is C15H13NO. The standard InChI is InChI=1S/C15H13NO/c16-15(17)11-10-13-8-4-5-9-14(13)12-6-2-1-3-7-12/h1-11H,(H2,16,17)/b11-10+. The van der Waals surface area contributed by atoms with Gasteiger partial charge in [-0.2, -0.15) is 0 Å². The van der Waals surface area contributed by atoms with E-state index in [2.05, 4.69) is 0 Å². The van der Waals surface area contributed by atoms with Crippen molar-refractivity contribution in [3.8, 4) is 11.1 Å². The minimum absolute atomic E-state index is 0.437. The Hall–Kier alpha value is -2.35. The van der Waals surface area contributed by atoms with Crippen LogP contribution in [0.25, 0.3) is 17.2 Å². The Bertz CT molecular complexity index is 544. The summed E-state index contributed by atoms with van der Waals surface area (Å²) in [6.07, 6.45) is 3.12. The molecule has 0 atom stereocenters. The van der Waals surface area contributed by atoms with Crippen LogP contribution in [-0.4, -0.2) is 5.91 Å². The second-order valence-electron chi connectivity index (χ2n) is 3.69. The van der Waals surface area contributed by atoms with Crippen LogP contribution in [0.5, 0.6) is 0 Å². The quantitative estimate of drug-likeness (QED) is 0.799. The summed E-state index contributed by atoms with van der Waals surface area (Å²) in [7, 11) is 0. The van der Waals surface area contributed by atoms with E-state index in [-0.39, 0.29) is 0 Å². The van der Waals surface area contributed by atoms with Gasteiger partial charge >= 0.3 is 0 Å². The molecule has 0 spiro atoms. The van der Waals surface area contributed by atoms with Crippen LogP contribution in [0.4, 0.5) is 0 Å². The molecule has 0 heterocycles. The molecular weight excluding hydrogens is 210 g/mol. The van der Waals surface area contributed by atoms with Crippen molar-refractivity contribution < 1.29 is 4.79 Å². The van der Waals surface area contributed by atoms with Gasteiger partial charge in [0.05, 0.1) is 0 Å². The van der Waals surface area contributed by atoms with Gasteiger partial charge in [0, 0.05) is 6.08 Å². The Morgan fingerprint density at radius 2 is 1.59 bits per heavy atom. The molecule has 2 aromatic rings. The monoisotopic (exact) mass is 223 g/mol. The summed E-state index contributed by atoms with van der Waals surface area (Å²) in [5, 5.41) is 0. The van der Waals surface area contributed by atoms with Crippen LogP contribution >= 0.6 is 0 Å². The van der Waals surface area contributed by atoms with Crippen LogP contribution in [0, 0.1) is 0 Å². The Balaban J connectivity index is 2.45. The Labute approximate surface area is 100 Å². The lowest BCUT2D eigenvalue weighted by Crippen LogP contribution is -2.05. The maximum Gasteiger partial charge on any atom is 0.241 e. The first kappa shape index (κ1) is 11.1. The maximum absolute atomic E-state index is 10.8. The minimum atomic E-state index is -0.437. The summed E-state index contributed by atoms with van der Waals surface area (Å²) in [6.45, 7) is 0. The van der Waals surface area contributed by atoms with Crippen LogP contribution in [-0.2, 0) is 4.79 Å². The predicted molar refractivity (Wildman–Crippen MR) is 70.1 cm³/mol. The van der Waals surface area contributed by atoms with Gasteiger partial charge in [-0.05, 0) is 22.8 Å². The molecule has 0 radical (unpaired) electrons. The molecule has 2 rings (SSSR count). The Morgan fingerprint density at radius 3 is 2.29 bits per heavy atom. The molecule has 0 aliphatic rings.